The highest BCUT2D eigenvalue weighted by Crippen LogP contribution is 2.32. The van der Waals surface area contributed by atoms with Crippen molar-refractivity contribution >= 4 is 35.4 Å². The number of aryl methyl sites for hydroxylation is 1. The third-order valence-corrected chi connectivity index (χ3v) is 9.04. The van der Waals surface area contributed by atoms with Crippen LogP contribution in [-0.2, 0) is 16.1 Å². The number of amides is 1. The highest BCUT2D eigenvalue weighted by Gasteiger charge is 2.32. The molecule has 38 heavy (non-hydrogen) atoms. The lowest BCUT2D eigenvalue weighted by Gasteiger charge is -2.24. The summed E-state index contributed by atoms with van der Waals surface area (Å²) in [6.07, 6.45) is 5.91. The largest absolute Gasteiger partial charge is 0.480 e. The van der Waals surface area contributed by atoms with Crippen LogP contribution in [0.25, 0.3) is 11.1 Å². The van der Waals surface area contributed by atoms with Crippen LogP contribution in [0.1, 0.15) is 54.1 Å². The van der Waals surface area contributed by atoms with Gasteiger partial charge in [-0.1, -0.05) is 43.7 Å². The van der Waals surface area contributed by atoms with Gasteiger partial charge < -0.3 is 15.2 Å². The molecule has 8 heteroatoms. The maximum atomic E-state index is 13.4. The molecular formula is C30H42N2O4S2. The standard InChI is InChI=1S/C30H42N2O4S2/c1-5-6-14-38-24-17-23(20-36-3)32(19-24)18-22-11-12-26(27(16-22)25-10-8-7-9-21(25)2)29(33)31-28(30(34)35)13-15-37-4/h7-12,16,23-24,28H,5-6,13-15,17-20H2,1-4H3,(H,31,33)(H,34,35). The lowest BCUT2D eigenvalue weighted by atomic mass is 9.93. The molecule has 0 spiro atoms. The summed E-state index contributed by atoms with van der Waals surface area (Å²) in [6, 6.07) is 13.5. The van der Waals surface area contributed by atoms with Crippen molar-refractivity contribution in [3.63, 3.8) is 0 Å². The molecule has 3 rings (SSSR count). The fourth-order valence-corrected chi connectivity index (χ4v) is 6.88. The molecule has 1 aliphatic rings. The highest BCUT2D eigenvalue weighted by molar-refractivity contribution is 7.99. The van der Waals surface area contributed by atoms with Crippen molar-refractivity contribution in [1.82, 2.24) is 10.2 Å². The number of carbonyl (C=O) groups excluding carboxylic acids is 1. The molecule has 3 unspecified atom stereocenters. The van der Waals surface area contributed by atoms with E-state index in [1.807, 2.05) is 49.6 Å². The van der Waals surface area contributed by atoms with E-state index in [0.29, 0.717) is 35.6 Å². The van der Waals surface area contributed by atoms with Crippen molar-refractivity contribution in [2.45, 2.75) is 63.4 Å². The van der Waals surface area contributed by atoms with Gasteiger partial charge in [0.2, 0.25) is 0 Å². The zero-order valence-corrected chi connectivity index (χ0v) is 24.7. The molecule has 2 N–H and O–H groups in total. The van der Waals surface area contributed by atoms with Crippen molar-refractivity contribution in [2.75, 3.05) is 38.0 Å². The normalized spacial score (nSPS) is 18.4. The summed E-state index contributed by atoms with van der Waals surface area (Å²) in [4.78, 5) is 27.7. The number of ether oxygens (including phenoxy) is 1. The van der Waals surface area contributed by atoms with Crippen molar-refractivity contribution in [2.24, 2.45) is 0 Å². The first kappa shape index (κ1) is 30.5. The smallest absolute Gasteiger partial charge is 0.326 e. The fraction of sp³-hybridized carbons (Fsp3) is 0.533. The first-order chi connectivity index (χ1) is 18.4. The van der Waals surface area contributed by atoms with E-state index in [0.717, 1.165) is 41.8 Å². The monoisotopic (exact) mass is 558 g/mol. The SMILES string of the molecule is CCCCSC1CC(COC)N(Cc2ccc(C(=O)NC(CCSC)C(=O)O)c(-c3ccccc3C)c2)C1. The Morgan fingerprint density at radius 1 is 1.18 bits per heavy atom. The van der Waals surface area contributed by atoms with Crippen LogP contribution in [0.2, 0.25) is 0 Å². The molecule has 0 bridgehead atoms. The summed E-state index contributed by atoms with van der Waals surface area (Å²) < 4.78 is 5.56. The minimum atomic E-state index is -1.01. The van der Waals surface area contributed by atoms with Crippen LogP contribution in [0.3, 0.4) is 0 Å². The molecule has 3 atom stereocenters. The molecule has 2 aromatic rings. The number of aliphatic carboxylic acids is 1. The maximum Gasteiger partial charge on any atom is 0.326 e. The quantitative estimate of drug-likeness (QED) is 0.271. The van der Waals surface area contributed by atoms with Crippen LogP contribution in [0.4, 0.5) is 0 Å². The van der Waals surface area contributed by atoms with E-state index in [-0.39, 0.29) is 5.91 Å². The minimum absolute atomic E-state index is 0.353. The topological polar surface area (TPSA) is 78.9 Å². The Hall–Kier alpha value is -2.00. The van der Waals surface area contributed by atoms with Crippen LogP contribution in [0, 0.1) is 6.92 Å². The molecule has 0 saturated carbocycles. The van der Waals surface area contributed by atoms with Crippen LogP contribution < -0.4 is 5.32 Å². The van der Waals surface area contributed by atoms with Crippen LogP contribution in [-0.4, -0.2) is 77.2 Å². The molecule has 2 aromatic carbocycles. The molecule has 6 nitrogen and oxygen atoms in total. The van der Waals surface area contributed by atoms with Gasteiger partial charge >= 0.3 is 5.97 Å². The average molecular weight is 559 g/mol. The van der Waals surface area contributed by atoms with E-state index in [4.69, 9.17) is 4.74 Å². The predicted molar refractivity (Wildman–Crippen MR) is 160 cm³/mol. The second-order valence-electron chi connectivity index (χ2n) is 9.96. The Kier molecular flexibility index (Phi) is 12.5. The number of likely N-dealkylation sites (tertiary alicyclic amines) is 1. The number of carboxylic acid groups (broad SMARTS) is 1. The first-order valence-electron chi connectivity index (χ1n) is 13.4. The summed E-state index contributed by atoms with van der Waals surface area (Å²) in [5, 5.41) is 13.0. The zero-order chi connectivity index (χ0) is 27.5. The molecule has 1 aliphatic heterocycles. The van der Waals surface area contributed by atoms with Gasteiger partial charge in [0.1, 0.15) is 6.04 Å². The summed E-state index contributed by atoms with van der Waals surface area (Å²) >= 11 is 3.64. The van der Waals surface area contributed by atoms with E-state index < -0.39 is 12.0 Å². The summed E-state index contributed by atoms with van der Waals surface area (Å²) in [5.74, 6) is 0.501. The summed E-state index contributed by atoms with van der Waals surface area (Å²) in [6.45, 7) is 6.79. The van der Waals surface area contributed by atoms with Crippen molar-refractivity contribution in [3.05, 3.63) is 59.2 Å². The van der Waals surface area contributed by atoms with Crippen LogP contribution in [0.5, 0.6) is 0 Å². The van der Waals surface area contributed by atoms with E-state index in [2.05, 4.69) is 35.0 Å². The molecule has 0 aliphatic carbocycles. The van der Waals surface area contributed by atoms with E-state index in [1.165, 1.54) is 18.6 Å². The number of unbranched alkanes of at least 4 members (excludes halogenated alkanes) is 1. The minimum Gasteiger partial charge on any atom is -0.480 e. The number of thioether (sulfide) groups is 2. The Morgan fingerprint density at radius 2 is 1.97 bits per heavy atom. The fourth-order valence-electron chi connectivity index (χ4n) is 4.96. The summed E-state index contributed by atoms with van der Waals surface area (Å²) in [7, 11) is 1.77. The van der Waals surface area contributed by atoms with Gasteiger partial charge in [-0.05, 0) is 78.3 Å². The Labute approximate surface area is 236 Å². The van der Waals surface area contributed by atoms with Crippen LogP contribution in [0.15, 0.2) is 42.5 Å². The number of methoxy groups -OCH3 is 1. The molecule has 0 aromatic heterocycles. The Morgan fingerprint density at radius 3 is 2.66 bits per heavy atom. The van der Waals surface area contributed by atoms with Gasteiger partial charge in [0, 0.05) is 37.1 Å². The van der Waals surface area contributed by atoms with Gasteiger partial charge in [0.25, 0.3) is 5.91 Å². The number of nitrogens with one attached hydrogen (secondary N) is 1. The molecule has 208 valence electrons. The Bertz CT molecular complexity index is 1060. The van der Waals surface area contributed by atoms with Crippen molar-refractivity contribution in [3.8, 4) is 11.1 Å². The van der Waals surface area contributed by atoms with Gasteiger partial charge in [-0.25, -0.2) is 4.79 Å². The third kappa shape index (κ3) is 8.50. The number of nitrogens with zero attached hydrogens (tertiary/aromatic N) is 1. The number of carbonyl (C=O) groups is 2. The number of rotatable bonds is 15. The third-order valence-electron chi connectivity index (χ3n) is 7.06. The van der Waals surface area contributed by atoms with Gasteiger partial charge in [-0.3, -0.25) is 9.69 Å². The number of benzene rings is 2. The van der Waals surface area contributed by atoms with E-state index in [1.54, 1.807) is 18.9 Å². The number of hydrogen-bond acceptors (Lipinski definition) is 6. The lowest BCUT2D eigenvalue weighted by Crippen LogP contribution is -2.41. The lowest BCUT2D eigenvalue weighted by molar-refractivity contribution is -0.139. The molecule has 1 fully saturated rings. The van der Waals surface area contributed by atoms with E-state index >= 15 is 0 Å². The molecule has 1 amide bonds. The van der Waals surface area contributed by atoms with Crippen LogP contribution >= 0.6 is 23.5 Å². The number of carboxylic acids is 1. The number of hydrogen-bond donors (Lipinski definition) is 2. The molecule has 1 saturated heterocycles. The second kappa shape index (κ2) is 15.6. The van der Waals surface area contributed by atoms with Gasteiger partial charge in [0.15, 0.2) is 0 Å². The second-order valence-corrected chi connectivity index (χ2v) is 12.4. The molecular weight excluding hydrogens is 516 g/mol. The zero-order valence-electron chi connectivity index (χ0n) is 23.1. The predicted octanol–water partition coefficient (Wildman–Crippen LogP) is 5.72. The molecule has 0 radical (unpaired) electrons. The summed E-state index contributed by atoms with van der Waals surface area (Å²) in [5.41, 5.74) is 4.53. The van der Waals surface area contributed by atoms with Gasteiger partial charge in [0.05, 0.1) is 6.61 Å². The van der Waals surface area contributed by atoms with E-state index in [9.17, 15) is 14.7 Å². The first-order valence-corrected chi connectivity index (χ1v) is 15.9. The highest BCUT2D eigenvalue weighted by atomic mass is 32.2. The average Bonchev–Trinajstić information content (AvgIpc) is 3.27. The maximum absolute atomic E-state index is 13.4. The van der Waals surface area contributed by atoms with Gasteiger partial charge in [-0.15, -0.1) is 0 Å². The van der Waals surface area contributed by atoms with Crippen molar-refractivity contribution < 1.29 is 19.4 Å². The van der Waals surface area contributed by atoms with Gasteiger partial charge in [-0.2, -0.15) is 23.5 Å². The Balaban J connectivity index is 1.87. The van der Waals surface area contributed by atoms with Crippen molar-refractivity contribution in [1.29, 1.82) is 0 Å². The molecule has 1 heterocycles.